The van der Waals surface area contributed by atoms with E-state index in [1.807, 2.05) is 0 Å². The Morgan fingerprint density at radius 1 is 1.29 bits per heavy atom. The smallest absolute Gasteiger partial charge is 0.330 e. The van der Waals surface area contributed by atoms with Crippen molar-refractivity contribution in [1.29, 1.82) is 0 Å². The number of carbonyl (C=O) groups is 2. The summed E-state index contributed by atoms with van der Waals surface area (Å²) in [6, 6.07) is 4.79. The molecule has 1 aromatic heterocycles. The molecule has 0 atom stereocenters. The highest BCUT2D eigenvalue weighted by Crippen LogP contribution is 2.25. The Kier molecular flexibility index (Phi) is 4.77. The van der Waals surface area contributed by atoms with Crippen LogP contribution >= 0.6 is 23.2 Å². The van der Waals surface area contributed by atoms with Crippen LogP contribution in [0.3, 0.4) is 0 Å². The second-order valence-corrected chi connectivity index (χ2v) is 4.79. The highest BCUT2D eigenvalue weighted by molar-refractivity contribution is 6.39. The summed E-state index contributed by atoms with van der Waals surface area (Å²) in [6.45, 7) is 0. The fraction of sp³-hybridized carbons (Fsp3) is 0.0714. The molecule has 0 aliphatic carbocycles. The molecule has 5 nitrogen and oxygen atoms in total. The van der Waals surface area contributed by atoms with Crippen LogP contribution in [0.2, 0.25) is 10.0 Å². The lowest BCUT2D eigenvalue weighted by molar-refractivity contribution is -0.134. The molecule has 2 aromatic rings. The molecule has 0 radical (unpaired) electrons. The van der Waals surface area contributed by atoms with E-state index in [0.29, 0.717) is 5.56 Å². The van der Waals surface area contributed by atoms with E-state index in [0.717, 1.165) is 4.68 Å². The van der Waals surface area contributed by atoms with Gasteiger partial charge >= 0.3 is 5.97 Å². The monoisotopic (exact) mass is 324 g/mol. The van der Waals surface area contributed by atoms with Crippen molar-refractivity contribution < 1.29 is 14.3 Å². The van der Waals surface area contributed by atoms with E-state index in [1.54, 1.807) is 18.2 Å². The van der Waals surface area contributed by atoms with Crippen LogP contribution in [-0.4, -0.2) is 28.8 Å². The van der Waals surface area contributed by atoms with E-state index in [1.165, 1.54) is 31.7 Å². The molecule has 21 heavy (non-hydrogen) atoms. The Balaban J connectivity index is 2.27. The second kappa shape index (κ2) is 6.56. The standard InChI is InChI=1S/C14H10Cl2N2O3/c1-21-12(19)6-5-9-7-17-18(8-9)14(20)13-10(15)3-2-4-11(13)16/h2-8H,1H3/b6-5+. The van der Waals surface area contributed by atoms with Gasteiger partial charge in [0.1, 0.15) is 0 Å². The lowest BCUT2D eigenvalue weighted by Crippen LogP contribution is -2.13. The van der Waals surface area contributed by atoms with Gasteiger partial charge in [-0.25, -0.2) is 9.48 Å². The van der Waals surface area contributed by atoms with E-state index in [2.05, 4.69) is 9.84 Å². The van der Waals surface area contributed by atoms with Crippen LogP contribution in [-0.2, 0) is 9.53 Å². The highest BCUT2D eigenvalue weighted by atomic mass is 35.5. The van der Waals surface area contributed by atoms with E-state index < -0.39 is 11.9 Å². The Labute approximate surface area is 130 Å². The summed E-state index contributed by atoms with van der Waals surface area (Å²) in [7, 11) is 1.28. The highest BCUT2D eigenvalue weighted by Gasteiger charge is 2.17. The molecule has 0 aliphatic rings. The van der Waals surface area contributed by atoms with Crippen LogP contribution < -0.4 is 0 Å². The molecule has 0 bridgehead atoms. The maximum atomic E-state index is 12.3. The molecule has 0 spiro atoms. The van der Waals surface area contributed by atoms with Crippen molar-refractivity contribution in [2.45, 2.75) is 0 Å². The third-order valence-corrected chi connectivity index (χ3v) is 3.23. The van der Waals surface area contributed by atoms with Gasteiger partial charge in [0.15, 0.2) is 0 Å². The molecular formula is C14H10Cl2N2O3. The van der Waals surface area contributed by atoms with Crippen LogP contribution in [0.25, 0.3) is 6.08 Å². The van der Waals surface area contributed by atoms with Crippen molar-refractivity contribution in [2.75, 3.05) is 7.11 Å². The summed E-state index contributed by atoms with van der Waals surface area (Å²) in [5.41, 5.74) is 0.740. The zero-order valence-corrected chi connectivity index (χ0v) is 12.4. The maximum Gasteiger partial charge on any atom is 0.330 e. The first-order valence-corrected chi connectivity index (χ1v) is 6.58. The molecule has 1 aromatic carbocycles. The molecule has 0 saturated heterocycles. The number of hydrogen-bond donors (Lipinski definition) is 0. The number of hydrogen-bond acceptors (Lipinski definition) is 4. The van der Waals surface area contributed by atoms with Gasteiger partial charge in [-0.3, -0.25) is 4.79 Å². The maximum absolute atomic E-state index is 12.3. The van der Waals surface area contributed by atoms with Crippen molar-refractivity contribution >= 4 is 41.2 Å². The fourth-order valence-corrected chi connectivity index (χ4v) is 2.14. The largest absolute Gasteiger partial charge is 0.466 e. The third kappa shape index (κ3) is 3.51. The first-order valence-electron chi connectivity index (χ1n) is 5.82. The van der Waals surface area contributed by atoms with Gasteiger partial charge in [0.05, 0.1) is 28.9 Å². The van der Waals surface area contributed by atoms with E-state index in [-0.39, 0.29) is 15.6 Å². The minimum absolute atomic E-state index is 0.174. The molecule has 0 fully saturated rings. The topological polar surface area (TPSA) is 61.2 Å². The summed E-state index contributed by atoms with van der Waals surface area (Å²) in [6.07, 6.45) is 5.61. The van der Waals surface area contributed by atoms with Gasteiger partial charge in [-0.05, 0) is 18.2 Å². The molecule has 0 unspecified atom stereocenters. The zero-order chi connectivity index (χ0) is 15.4. The molecule has 0 amide bonds. The quantitative estimate of drug-likeness (QED) is 0.643. The van der Waals surface area contributed by atoms with Crippen LogP contribution in [0, 0.1) is 0 Å². The van der Waals surface area contributed by atoms with E-state index in [4.69, 9.17) is 23.2 Å². The van der Waals surface area contributed by atoms with Gasteiger partial charge in [-0.2, -0.15) is 5.10 Å². The fourth-order valence-electron chi connectivity index (χ4n) is 1.58. The predicted molar refractivity (Wildman–Crippen MR) is 79.5 cm³/mol. The van der Waals surface area contributed by atoms with Gasteiger partial charge in [0.2, 0.25) is 0 Å². The normalized spacial score (nSPS) is 10.8. The van der Waals surface area contributed by atoms with E-state index >= 15 is 0 Å². The van der Waals surface area contributed by atoms with Crippen molar-refractivity contribution in [3.63, 3.8) is 0 Å². The molecule has 0 saturated carbocycles. The van der Waals surface area contributed by atoms with Crippen molar-refractivity contribution in [1.82, 2.24) is 9.78 Å². The van der Waals surface area contributed by atoms with E-state index in [9.17, 15) is 9.59 Å². The predicted octanol–water partition coefficient (Wildman–Crippen LogP) is 3.06. The number of ether oxygens (including phenoxy) is 1. The summed E-state index contributed by atoms with van der Waals surface area (Å²) in [4.78, 5) is 23.3. The number of esters is 1. The summed E-state index contributed by atoms with van der Waals surface area (Å²) >= 11 is 12.0. The van der Waals surface area contributed by atoms with Gasteiger partial charge in [-0.1, -0.05) is 29.3 Å². The summed E-state index contributed by atoms with van der Waals surface area (Å²) < 4.78 is 5.57. The number of rotatable bonds is 3. The molecule has 2 rings (SSSR count). The Morgan fingerprint density at radius 3 is 2.57 bits per heavy atom. The van der Waals surface area contributed by atoms with Gasteiger partial charge < -0.3 is 4.74 Å². The first-order chi connectivity index (χ1) is 10.0. The number of aromatic nitrogens is 2. The minimum atomic E-state index is -0.497. The van der Waals surface area contributed by atoms with Gasteiger partial charge in [-0.15, -0.1) is 0 Å². The lowest BCUT2D eigenvalue weighted by atomic mass is 10.2. The number of halogens is 2. The van der Waals surface area contributed by atoms with Gasteiger partial charge in [0, 0.05) is 17.8 Å². The first kappa shape index (κ1) is 15.3. The third-order valence-electron chi connectivity index (χ3n) is 2.60. The molecule has 0 aliphatic heterocycles. The molecule has 0 N–H and O–H groups in total. The Bertz CT molecular complexity index is 703. The minimum Gasteiger partial charge on any atom is -0.466 e. The van der Waals surface area contributed by atoms with Gasteiger partial charge in [0.25, 0.3) is 5.91 Å². The molecular weight excluding hydrogens is 315 g/mol. The lowest BCUT2D eigenvalue weighted by Gasteiger charge is -2.05. The van der Waals surface area contributed by atoms with Crippen molar-refractivity contribution in [3.8, 4) is 0 Å². The summed E-state index contributed by atoms with van der Waals surface area (Å²) in [5.74, 6) is -0.952. The molecule has 108 valence electrons. The average molecular weight is 325 g/mol. The van der Waals surface area contributed by atoms with Crippen LogP contribution in [0.15, 0.2) is 36.7 Å². The zero-order valence-electron chi connectivity index (χ0n) is 10.9. The number of nitrogens with zero attached hydrogens (tertiary/aromatic N) is 2. The Hall–Kier alpha value is -2.11. The summed E-state index contributed by atoms with van der Waals surface area (Å²) in [5, 5.41) is 4.42. The van der Waals surface area contributed by atoms with Crippen molar-refractivity contribution in [3.05, 3.63) is 57.8 Å². The SMILES string of the molecule is COC(=O)/C=C/c1cnn(C(=O)c2c(Cl)cccc2Cl)c1. The Morgan fingerprint density at radius 2 is 1.95 bits per heavy atom. The van der Waals surface area contributed by atoms with Crippen molar-refractivity contribution in [2.24, 2.45) is 0 Å². The molecule has 7 heteroatoms. The molecule has 1 heterocycles. The second-order valence-electron chi connectivity index (χ2n) is 3.98. The average Bonchev–Trinajstić information content (AvgIpc) is 2.93. The van der Waals surface area contributed by atoms with Crippen LogP contribution in [0.4, 0.5) is 0 Å². The number of benzene rings is 1. The number of methoxy groups -OCH3 is 1. The van der Waals surface area contributed by atoms with Crippen LogP contribution in [0.5, 0.6) is 0 Å². The number of carbonyl (C=O) groups excluding carboxylic acids is 2. The van der Waals surface area contributed by atoms with Crippen LogP contribution in [0.1, 0.15) is 15.9 Å².